The summed E-state index contributed by atoms with van der Waals surface area (Å²) in [7, 11) is 1.98. The second kappa shape index (κ2) is 6.43. The Balaban J connectivity index is 2.02. The fraction of sp³-hybridized carbons (Fsp3) is 0.700. The second-order valence-corrected chi connectivity index (χ2v) is 3.25. The van der Waals surface area contributed by atoms with E-state index in [2.05, 4.69) is 17.2 Å². The molecule has 0 unspecified atom stereocenters. The summed E-state index contributed by atoms with van der Waals surface area (Å²) < 4.78 is 7.33. The minimum Gasteiger partial charge on any atom is -0.381 e. The van der Waals surface area contributed by atoms with Gasteiger partial charge in [0.2, 0.25) is 5.95 Å². The van der Waals surface area contributed by atoms with E-state index in [0.717, 1.165) is 38.5 Å². The van der Waals surface area contributed by atoms with Crippen molar-refractivity contribution >= 4 is 5.95 Å². The van der Waals surface area contributed by atoms with Crippen LogP contribution in [0.15, 0.2) is 12.4 Å². The van der Waals surface area contributed by atoms with Crippen molar-refractivity contribution in [3.63, 3.8) is 0 Å². The highest BCUT2D eigenvalue weighted by Crippen LogP contribution is 2.00. The van der Waals surface area contributed by atoms with Crippen molar-refractivity contribution in [2.24, 2.45) is 7.05 Å². The van der Waals surface area contributed by atoms with E-state index in [1.54, 1.807) is 6.20 Å². The minimum atomic E-state index is 0.825. The van der Waals surface area contributed by atoms with E-state index in [0.29, 0.717) is 0 Å². The van der Waals surface area contributed by atoms with Crippen molar-refractivity contribution < 1.29 is 4.74 Å². The van der Waals surface area contributed by atoms with Gasteiger partial charge in [0, 0.05) is 39.2 Å². The Morgan fingerprint density at radius 2 is 2.36 bits per heavy atom. The highest BCUT2D eigenvalue weighted by atomic mass is 16.5. The topological polar surface area (TPSA) is 39.1 Å². The highest BCUT2D eigenvalue weighted by Gasteiger charge is 1.95. The number of hydrogen-bond acceptors (Lipinski definition) is 3. The van der Waals surface area contributed by atoms with Crippen LogP contribution in [0.25, 0.3) is 0 Å². The van der Waals surface area contributed by atoms with Crippen LogP contribution >= 0.6 is 0 Å². The molecule has 1 rings (SSSR count). The van der Waals surface area contributed by atoms with Crippen LogP contribution in [0.5, 0.6) is 0 Å². The van der Waals surface area contributed by atoms with Crippen LogP contribution in [0.2, 0.25) is 0 Å². The standard InChI is InChI=1S/C10H19N3O/c1-3-8-14-9-4-5-11-10-12-6-7-13(10)2/h6-7H,3-5,8-9H2,1-2H3,(H,11,12). The van der Waals surface area contributed by atoms with E-state index >= 15 is 0 Å². The lowest BCUT2D eigenvalue weighted by Crippen LogP contribution is -2.09. The molecule has 1 N–H and O–H groups in total. The summed E-state index contributed by atoms with van der Waals surface area (Å²) in [4.78, 5) is 4.16. The third kappa shape index (κ3) is 3.79. The molecule has 0 aliphatic carbocycles. The maximum absolute atomic E-state index is 5.37. The van der Waals surface area contributed by atoms with Crippen LogP contribution in [-0.2, 0) is 11.8 Å². The van der Waals surface area contributed by atoms with Gasteiger partial charge in [-0.2, -0.15) is 0 Å². The number of anilines is 1. The molecule has 0 amide bonds. The Hall–Kier alpha value is -1.03. The van der Waals surface area contributed by atoms with Gasteiger partial charge in [0.05, 0.1) is 0 Å². The molecule has 0 atom stereocenters. The Labute approximate surface area is 85.3 Å². The predicted molar refractivity (Wildman–Crippen MR) is 57.4 cm³/mol. The SMILES string of the molecule is CCCOCCCNc1nccn1C. The van der Waals surface area contributed by atoms with Crippen molar-refractivity contribution in [2.75, 3.05) is 25.1 Å². The highest BCUT2D eigenvalue weighted by molar-refractivity contribution is 5.24. The molecule has 0 saturated heterocycles. The first kappa shape index (κ1) is 11.0. The Bertz CT molecular complexity index is 247. The predicted octanol–water partition coefficient (Wildman–Crippen LogP) is 1.65. The summed E-state index contributed by atoms with van der Waals surface area (Å²) in [5.41, 5.74) is 0. The number of nitrogens with zero attached hydrogens (tertiary/aromatic N) is 2. The third-order valence-electron chi connectivity index (χ3n) is 1.92. The molecule has 0 aliphatic heterocycles. The van der Waals surface area contributed by atoms with Gasteiger partial charge in [0.15, 0.2) is 0 Å². The molecule has 0 saturated carbocycles. The lowest BCUT2D eigenvalue weighted by atomic mass is 10.4. The molecular formula is C10H19N3O. The summed E-state index contributed by atoms with van der Waals surface area (Å²) in [5.74, 6) is 0.917. The number of aromatic nitrogens is 2. The van der Waals surface area contributed by atoms with Gasteiger partial charge in [-0.25, -0.2) is 4.98 Å². The van der Waals surface area contributed by atoms with Crippen molar-refractivity contribution in [1.29, 1.82) is 0 Å². The van der Waals surface area contributed by atoms with E-state index < -0.39 is 0 Å². The number of aryl methyl sites for hydroxylation is 1. The van der Waals surface area contributed by atoms with E-state index in [9.17, 15) is 0 Å². The van der Waals surface area contributed by atoms with Gasteiger partial charge in [-0.15, -0.1) is 0 Å². The summed E-state index contributed by atoms with van der Waals surface area (Å²) >= 11 is 0. The molecule has 14 heavy (non-hydrogen) atoms. The van der Waals surface area contributed by atoms with Crippen molar-refractivity contribution in [2.45, 2.75) is 19.8 Å². The number of rotatable bonds is 7. The summed E-state index contributed by atoms with van der Waals surface area (Å²) in [6.45, 7) is 4.72. The molecule has 1 aromatic heterocycles. The first-order chi connectivity index (χ1) is 6.84. The largest absolute Gasteiger partial charge is 0.381 e. The molecule has 1 aromatic rings. The zero-order chi connectivity index (χ0) is 10.2. The van der Waals surface area contributed by atoms with Crippen LogP contribution in [0.1, 0.15) is 19.8 Å². The smallest absolute Gasteiger partial charge is 0.202 e. The zero-order valence-electron chi connectivity index (χ0n) is 8.99. The van der Waals surface area contributed by atoms with E-state index in [4.69, 9.17) is 4.74 Å². The van der Waals surface area contributed by atoms with Crippen LogP contribution < -0.4 is 5.32 Å². The molecule has 0 bridgehead atoms. The molecule has 0 fully saturated rings. The van der Waals surface area contributed by atoms with Gasteiger partial charge in [0.1, 0.15) is 0 Å². The number of nitrogens with one attached hydrogen (secondary N) is 1. The van der Waals surface area contributed by atoms with E-state index in [1.165, 1.54) is 0 Å². The van der Waals surface area contributed by atoms with Crippen LogP contribution in [-0.4, -0.2) is 29.3 Å². The Kier molecular flexibility index (Phi) is 5.07. The summed E-state index contributed by atoms with van der Waals surface area (Å²) in [5, 5.41) is 3.24. The van der Waals surface area contributed by atoms with Gasteiger partial charge in [-0.05, 0) is 12.8 Å². The monoisotopic (exact) mass is 197 g/mol. The fourth-order valence-electron chi connectivity index (χ4n) is 1.16. The molecule has 0 radical (unpaired) electrons. The van der Waals surface area contributed by atoms with Gasteiger partial charge >= 0.3 is 0 Å². The first-order valence-corrected chi connectivity index (χ1v) is 5.13. The second-order valence-electron chi connectivity index (χ2n) is 3.25. The van der Waals surface area contributed by atoms with Crippen LogP contribution in [0, 0.1) is 0 Å². The molecule has 0 aliphatic rings. The molecule has 0 aromatic carbocycles. The van der Waals surface area contributed by atoms with E-state index in [1.807, 2.05) is 17.8 Å². The lowest BCUT2D eigenvalue weighted by Gasteiger charge is -2.05. The normalized spacial score (nSPS) is 10.4. The Morgan fingerprint density at radius 1 is 1.50 bits per heavy atom. The molecule has 1 heterocycles. The quantitative estimate of drug-likeness (QED) is 0.675. The molecule has 0 spiro atoms. The van der Waals surface area contributed by atoms with E-state index in [-0.39, 0.29) is 0 Å². The maximum atomic E-state index is 5.37. The van der Waals surface area contributed by atoms with Gasteiger partial charge in [-0.3, -0.25) is 0 Å². The van der Waals surface area contributed by atoms with Crippen LogP contribution in [0.4, 0.5) is 5.95 Å². The number of ether oxygens (including phenoxy) is 1. The molecule has 80 valence electrons. The third-order valence-corrected chi connectivity index (χ3v) is 1.92. The molecular weight excluding hydrogens is 178 g/mol. The van der Waals surface area contributed by atoms with Crippen LogP contribution in [0.3, 0.4) is 0 Å². The molecule has 4 heteroatoms. The van der Waals surface area contributed by atoms with Gasteiger partial charge in [-0.1, -0.05) is 6.92 Å². The first-order valence-electron chi connectivity index (χ1n) is 5.13. The zero-order valence-corrected chi connectivity index (χ0v) is 8.99. The van der Waals surface area contributed by atoms with Gasteiger partial charge in [0.25, 0.3) is 0 Å². The number of hydrogen-bond donors (Lipinski definition) is 1. The number of imidazole rings is 1. The van der Waals surface area contributed by atoms with Crippen molar-refractivity contribution in [3.05, 3.63) is 12.4 Å². The maximum Gasteiger partial charge on any atom is 0.202 e. The van der Waals surface area contributed by atoms with Crippen molar-refractivity contribution in [3.8, 4) is 0 Å². The minimum absolute atomic E-state index is 0.825. The Morgan fingerprint density at radius 3 is 3.00 bits per heavy atom. The van der Waals surface area contributed by atoms with Crippen molar-refractivity contribution in [1.82, 2.24) is 9.55 Å². The van der Waals surface area contributed by atoms with Gasteiger partial charge < -0.3 is 14.6 Å². The average Bonchev–Trinajstić information content (AvgIpc) is 2.58. The lowest BCUT2D eigenvalue weighted by molar-refractivity contribution is 0.134. The summed E-state index contributed by atoms with van der Waals surface area (Å²) in [6, 6.07) is 0. The molecule has 4 nitrogen and oxygen atoms in total. The fourth-order valence-corrected chi connectivity index (χ4v) is 1.16. The average molecular weight is 197 g/mol. The summed E-state index contributed by atoms with van der Waals surface area (Å²) in [6.07, 6.45) is 5.82.